The van der Waals surface area contributed by atoms with Crippen molar-refractivity contribution < 1.29 is 67.6 Å². The number of nitrogens with zero attached hydrogens (tertiary/aromatic N) is 1. The first-order chi connectivity index (χ1) is 29.5. The maximum absolute atomic E-state index is 14.4. The van der Waals surface area contributed by atoms with Gasteiger partial charge in [0.15, 0.2) is 18.4 Å². The summed E-state index contributed by atoms with van der Waals surface area (Å²) >= 11 is 0. The van der Waals surface area contributed by atoms with E-state index in [0.29, 0.717) is 36.8 Å². The smallest absolute Gasteiger partial charge is 0.316 e. The second kappa shape index (κ2) is 19.4. The van der Waals surface area contributed by atoms with E-state index in [2.05, 4.69) is 45.0 Å². The van der Waals surface area contributed by atoms with E-state index in [1.807, 2.05) is 32.1 Å². The van der Waals surface area contributed by atoms with Gasteiger partial charge in [-0.15, -0.1) is 0 Å². The summed E-state index contributed by atoms with van der Waals surface area (Å²) in [5.74, 6) is -2.71. The Morgan fingerprint density at radius 2 is 1.61 bits per heavy atom. The molecule has 346 valence electrons. The van der Waals surface area contributed by atoms with E-state index in [1.165, 1.54) is 0 Å². The van der Waals surface area contributed by atoms with E-state index < -0.39 is 96.9 Å². The van der Waals surface area contributed by atoms with Crippen LogP contribution in [0.4, 0.5) is 0 Å². The topological polar surface area (TPSA) is 182 Å². The van der Waals surface area contributed by atoms with Gasteiger partial charge in [-0.2, -0.15) is 0 Å². The molecule has 15 heteroatoms. The van der Waals surface area contributed by atoms with Gasteiger partial charge in [0.25, 0.3) is 0 Å². The standard InChI is InChI=1S/C47H69NO14/c1-24(2)41-27(5)16-17-46(62-41)22-33-19-32(61-46)15-14-26(4)42(59-38-21-36(54-10)43(30(8)57-38)60-37-20-35(53-9)40(49)29(7)56-37)25(3)12-11-13-31-23-55-44-39(48-52)28(6)18-34(45(50)58-33)47(31,44)51/h11-14,16-18,24-25,27,29-30,32-38,40-44,49,51-52H,15,19-23H2,1-10H3/b12-11-,26-14-,31-13?,48-39+/t25-,27-,29-,30-,32+,33-,34-,35-,36-,37-,38-,40-,41+,42-,43-,44+,46+,47+/m0/s1. The fraction of sp³-hybridized carbons (Fsp3) is 0.745. The number of hydrogen-bond donors (Lipinski definition) is 3. The lowest BCUT2D eigenvalue weighted by Gasteiger charge is -2.48. The Bertz CT molecular complexity index is 1790. The Balaban J connectivity index is 1.19. The number of aliphatic hydroxyl groups is 2. The van der Waals surface area contributed by atoms with E-state index in [-0.39, 0.29) is 42.6 Å². The number of rotatable bonds is 7. The third kappa shape index (κ3) is 9.46. The molecule has 4 saturated heterocycles. The van der Waals surface area contributed by atoms with E-state index in [4.69, 9.17) is 47.4 Å². The van der Waals surface area contributed by atoms with Crippen LogP contribution in [0.15, 0.2) is 64.4 Å². The Morgan fingerprint density at radius 3 is 2.32 bits per heavy atom. The van der Waals surface area contributed by atoms with Crippen molar-refractivity contribution in [3.63, 3.8) is 0 Å². The number of carbonyl (C=O) groups is 1. The number of carbonyl (C=O) groups excluding carboxylic acids is 1. The summed E-state index contributed by atoms with van der Waals surface area (Å²) in [5.41, 5.74) is 0.195. The fourth-order valence-corrected chi connectivity index (χ4v) is 10.4. The van der Waals surface area contributed by atoms with Crippen LogP contribution in [0.5, 0.6) is 0 Å². The lowest BCUT2D eigenvalue weighted by molar-refractivity contribution is -0.318. The number of ether oxygens (including phenoxy) is 10. The molecule has 1 spiro atoms. The predicted octanol–water partition coefficient (Wildman–Crippen LogP) is 5.46. The fourth-order valence-electron chi connectivity index (χ4n) is 10.4. The maximum Gasteiger partial charge on any atom is 0.316 e. The molecular formula is C47H69NO14. The zero-order valence-corrected chi connectivity index (χ0v) is 37.9. The summed E-state index contributed by atoms with van der Waals surface area (Å²) < 4.78 is 63.5. The van der Waals surface area contributed by atoms with Gasteiger partial charge in [0.2, 0.25) is 0 Å². The molecule has 18 atom stereocenters. The Labute approximate surface area is 366 Å². The molecule has 2 bridgehead atoms. The molecule has 0 aromatic rings. The van der Waals surface area contributed by atoms with E-state index in [0.717, 1.165) is 5.57 Å². The highest BCUT2D eigenvalue weighted by molar-refractivity contribution is 6.06. The average molecular weight is 872 g/mol. The lowest BCUT2D eigenvalue weighted by atomic mass is 9.71. The van der Waals surface area contributed by atoms with Gasteiger partial charge >= 0.3 is 5.97 Å². The van der Waals surface area contributed by atoms with Crippen LogP contribution < -0.4 is 0 Å². The van der Waals surface area contributed by atoms with Crippen LogP contribution in [0.1, 0.15) is 87.5 Å². The molecule has 15 nitrogen and oxygen atoms in total. The second-order valence-corrected chi connectivity index (χ2v) is 18.8. The van der Waals surface area contributed by atoms with Gasteiger partial charge in [0.05, 0.1) is 49.3 Å². The molecule has 4 fully saturated rings. The highest BCUT2D eigenvalue weighted by atomic mass is 16.7. The van der Waals surface area contributed by atoms with Crippen LogP contribution in [-0.4, -0.2) is 139 Å². The molecule has 0 amide bonds. The van der Waals surface area contributed by atoms with Gasteiger partial charge in [-0.25, -0.2) is 0 Å². The molecule has 6 heterocycles. The number of methoxy groups -OCH3 is 2. The van der Waals surface area contributed by atoms with Gasteiger partial charge in [0.1, 0.15) is 41.6 Å². The molecular weight excluding hydrogens is 803 g/mol. The zero-order chi connectivity index (χ0) is 44.7. The largest absolute Gasteiger partial charge is 0.462 e. The molecule has 7 aliphatic rings. The van der Waals surface area contributed by atoms with Gasteiger partial charge < -0.3 is 62.8 Å². The summed E-state index contributed by atoms with van der Waals surface area (Å²) in [5, 5.41) is 36.6. The molecule has 0 aromatic heterocycles. The van der Waals surface area contributed by atoms with Crippen molar-refractivity contribution in [2.45, 2.75) is 179 Å². The first-order valence-corrected chi connectivity index (χ1v) is 22.4. The Morgan fingerprint density at radius 1 is 0.903 bits per heavy atom. The molecule has 0 saturated carbocycles. The van der Waals surface area contributed by atoms with Gasteiger partial charge in [-0.1, -0.05) is 69.3 Å². The van der Waals surface area contributed by atoms with Gasteiger partial charge in [0, 0.05) is 51.7 Å². The number of allylic oxidation sites excluding steroid dienone is 2. The van der Waals surface area contributed by atoms with Crippen molar-refractivity contribution in [3.05, 3.63) is 59.3 Å². The molecule has 7 rings (SSSR count). The first kappa shape index (κ1) is 47.2. The van der Waals surface area contributed by atoms with E-state index in [9.17, 15) is 20.2 Å². The summed E-state index contributed by atoms with van der Waals surface area (Å²) in [7, 11) is 3.21. The quantitative estimate of drug-likeness (QED) is 0.127. The van der Waals surface area contributed by atoms with Crippen molar-refractivity contribution in [2.75, 3.05) is 20.8 Å². The van der Waals surface area contributed by atoms with Crippen LogP contribution in [-0.2, 0) is 52.2 Å². The minimum absolute atomic E-state index is 0.00545. The lowest BCUT2D eigenvalue weighted by Crippen LogP contribution is -2.57. The minimum atomic E-state index is -1.87. The number of hydrogen-bond acceptors (Lipinski definition) is 15. The molecule has 0 radical (unpaired) electrons. The molecule has 1 aliphatic carbocycles. The summed E-state index contributed by atoms with van der Waals surface area (Å²) in [6, 6.07) is 0. The zero-order valence-electron chi connectivity index (χ0n) is 37.9. The van der Waals surface area contributed by atoms with Crippen molar-refractivity contribution in [2.24, 2.45) is 28.8 Å². The minimum Gasteiger partial charge on any atom is -0.462 e. The van der Waals surface area contributed by atoms with Crippen LogP contribution in [0.25, 0.3) is 0 Å². The highest BCUT2D eigenvalue weighted by Crippen LogP contribution is 2.46. The summed E-state index contributed by atoms with van der Waals surface area (Å²) in [6.45, 7) is 15.9. The van der Waals surface area contributed by atoms with Crippen LogP contribution in [0.3, 0.4) is 0 Å². The SMILES string of the molecule is CO[C@H]1C[C@H](O[C@H]2[C@H](C)O[C@@H](O[C@@H]3/C(C)=C\C[C@@H]4C[C@@H](C[C@]5(C=C[C@H](C)[C@@H](C(C)C)O5)O4)OC(=O)[C@@H]4C=C(C)/C(=N\O)[C@H]5OCC(=C/C=C\[C@@H]3C)[C@]54O)C[C@@H]2OC)O[C@@H](C)[C@@H]1O. The van der Waals surface area contributed by atoms with E-state index in [1.54, 1.807) is 40.2 Å². The normalized spacial score (nSPS) is 47.3. The summed E-state index contributed by atoms with van der Waals surface area (Å²) in [4.78, 5) is 14.4. The monoisotopic (exact) mass is 871 g/mol. The summed E-state index contributed by atoms with van der Waals surface area (Å²) in [6.07, 6.45) is 8.39. The molecule has 3 N–H and O–H groups in total. The van der Waals surface area contributed by atoms with Crippen LogP contribution >= 0.6 is 0 Å². The van der Waals surface area contributed by atoms with Gasteiger partial charge in [-0.05, 0) is 62.8 Å². The molecule has 6 aliphatic heterocycles. The van der Waals surface area contributed by atoms with Crippen molar-refractivity contribution in [3.8, 4) is 0 Å². The predicted molar refractivity (Wildman–Crippen MR) is 226 cm³/mol. The van der Waals surface area contributed by atoms with Crippen LogP contribution in [0.2, 0.25) is 0 Å². The number of fused-ring (bicyclic) bond motifs is 2. The third-order valence-electron chi connectivity index (χ3n) is 13.9. The Hall–Kier alpha value is -2.80. The number of esters is 1. The molecule has 62 heavy (non-hydrogen) atoms. The van der Waals surface area contributed by atoms with Crippen molar-refractivity contribution in [1.29, 1.82) is 0 Å². The maximum atomic E-state index is 14.4. The molecule has 0 unspecified atom stereocenters. The Kier molecular flexibility index (Phi) is 14.7. The van der Waals surface area contributed by atoms with Gasteiger partial charge in [-0.3, -0.25) is 4.79 Å². The van der Waals surface area contributed by atoms with Crippen molar-refractivity contribution in [1.82, 2.24) is 0 Å². The second-order valence-electron chi connectivity index (χ2n) is 18.8. The average Bonchev–Trinajstić information content (AvgIpc) is 3.56. The van der Waals surface area contributed by atoms with Crippen molar-refractivity contribution >= 4 is 11.7 Å². The third-order valence-corrected chi connectivity index (χ3v) is 13.9. The number of aliphatic hydroxyl groups excluding tert-OH is 1. The molecule has 0 aromatic carbocycles. The highest BCUT2D eigenvalue weighted by Gasteiger charge is 2.60. The first-order valence-electron chi connectivity index (χ1n) is 22.4. The van der Waals surface area contributed by atoms with E-state index >= 15 is 0 Å². The van der Waals surface area contributed by atoms with Crippen LogP contribution in [0, 0.1) is 23.7 Å². The number of oxime groups is 1.